The van der Waals surface area contributed by atoms with Crippen LogP contribution in [0.5, 0.6) is 0 Å². The fraction of sp³-hybridized carbons (Fsp3) is 0. The minimum atomic E-state index is -3.63. The van der Waals surface area contributed by atoms with E-state index in [1.165, 1.54) is 0 Å². The van der Waals surface area contributed by atoms with E-state index < -0.39 is 9.17 Å². The normalized spacial score (nSPS) is 6.00. The summed E-state index contributed by atoms with van der Waals surface area (Å²) in [6, 6.07) is 0. The maximum Gasteiger partial charge on any atom is 0.0172 e. The first kappa shape index (κ1) is 3.62. The van der Waals surface area contributed by atoms with Crippen molar-refractivity contribution in [2.75, 3.05) is 0 Å². The van der Waals surface area contributed by atoms with Crippen molar-refractivity contribution in [2.45, 2.75) is 0 Å². The van der Waals surface area contributed by atoms with Crippen molar-refractivity contribution < 1.29 is 14.1 Å². The third-order valence-electron chi connectivity index (χ3n) is 0. The number of rotatable bonds is 0. The van der Waals surface area contributed by atoms with Crippen LogP contribution >= 0.6 is 0 Å². The lowest BCUT2D eigenvalue weighted by molar-refractivity contribution is -0.354. The van der Waals surface area contributed by atoms with Crippen molar-refractivity contribution in [1.29, 1.82) is 0 Å². The standard InChI is InChI=1S/O3Si/c1-4(2)3/q-2/i1+2,2+2,3+2. The summed E-state index contributed by atoms with van der Waals surface area (Å²) in [7, 11) is -3.63. The van der Waals surface area contributed by atoms with Crippen LogP contribution in [0.2, 0.25) is 0 Å². The molecule has 4 heavy (non-hydrogen) atoms. The lowest BCUT2D eigenvalue weighted by atomic mass is 17.8. The Bertz CT molecular complexity index is 26.3. The first-order valence-corrected chi connectivity index (χ1v) is 1.84. The molecular formula is O3Si-2. The van der Waals surface area contributed by atoms with Crippen LogP contribution in [0.15, 0.2) is 0 Å². The molecule has 0 saturated heterocycles. The van der Waals surface area contributed by atoms with Gasteiger partial charge in [-0.1, -0.05) is 0 Å². The molecule has 0 atom stereocenters. The molecule has 0 amide bonds. The van der Waals surface area contributed by atoms with Gasteiger partial charge in [0.05, 0.1) is 0 Å². The number of hydrogen-bond acceptors (Lipinski definition) is 3. The van der Waals surface area contributed by atoms with Gasteiger partial charge in [0.15, 0.2) is 0 Å². The van der Waals surface area contributed by atoms with Crippen molar-refractivity contribution in [1.82, 2.24) is 0 Å². The Morgan fingerprint density at radius 3 is 1.50 bits per heavy atom. The summed E-state index contributed by atoms with van der Waals surface area (Å²) >= 11 is 0. The van der Waals surface area contributed by atoms with Crippen molar-refractivity contribution >= 4 is 9.17 Å². The summed E-state index contributed by atoms with van der Waals surface area (Å²) < 4.78 is 8.52. The summed E-state index contributed by atoms with van der Waals surface area (Å²) in [6.45, 7) is 0. The molecule has 0 radical (unpaired) electrons. The highest BCUT2D eigenvalue weighted by Crippen LogP contribution is 0.990. The van der Waals surface area contributed by atoms with E-state index in [1.54, 1.807) is 0 Å². The van der Waals surface area contributed by atoms with E-state index in [9.17, 15) is 0 Å². The molecule has 0 saturated carbocycles. The molecule has 0 heterocycles. The zero-order valence-corrected chi connectivity index (χ0v) is 2.72. The monoisotopic (exact) mass is 82.0 g/mol. The lowest BCUT2D eigenvalue weighted by Gasteiger charge is -1.94. The van der Waals surface area contributed by atoms with Gasteiger partial charge in [-0.3, -0.25) is 0 Å². The van der Waals surface area contributed by atoms with Gasteiger partial charge in [-0.05, 0) is 0 Å². The van der Waals surface area contributed by atoms with Crippen LogP contribution < -0.4 is 9.59 Å². The largest absolute Gasteiger partial charge is 0.672 e. The molecule has 0 aromatic rings. The maximum absolute atomic E-state index is 8.52. The van der Waals surface area contributed by atoms with Gasteiger partial charge in [0.1, 0.15) is 0 Å². The second kappa shape index (κ2) is 0.999. The van der Waals surface area contributed by atoms with Crippen molar-refractivity contribution in [2.24, 2.45) is 0 Å². The van der Waals surface area contributed by atoms with Crippen LogP contribution in [-0.4, -0.2) is 9.17 Å². The highest BCUT2D eigenvalue weighted by molar-refractivity contribution is 6.17. The molecule has 0 spiro atoms. The van der Waals surface area contributed by atoms with Gasteiger partial charge in [-0.2, -0.15) is 0 Å². The van der Waals surface area contributed by atoms with Gasteiger partial charge in [-0.15, -0.1) is 0 Å². The molecule has 4 heteroatoms. The molecule has 0 aromatic heterocycles. The van der Waals surface area contributed by atoms with E-state index in [2.05, 4.69) is 0 Å². The Balaban J connectivity index is 2.80. The molecule has 0 fully saturated rings. The molecule has 0 rings (SSSR count). The van der Waals surface area contributed by atoms with Crippen LogP contribution in [0.25, 0.3) is 0 Å². The predicted octanol–water partition coefficient (Wildman–Crippen LogP) is -2.88. The summed E-state index contributed by atoms with van der Waals surface area (Å²) in [6.07, 6.45) is 0. The predicted molar refractivity (Wildman–Crippen MR) is 6.44 cm³/mol. The van der Waals surface area contributed by atoms with Gasteiger partial charge < -0.3 is 14.1 Å². The Labute approximate surface area is 24.4 Å². The van der Waals surface area contributed by atoms with Crippen LogP contribution in [0.4, 0.5) is 0 Å². The highest BCUT2D eigenvalue weighted by Gasteiger charge is 1.29. The second-order valence-corrected chi connectivity index (χ2v) is 0.750. The van der Waals surface area contributed by atoms with E-state index >= 15 is 0 Å². The van der Waals surface area contributed by atoms with E-state index in [0.29, 0.717) is 0 Å². The fourth-order valence-corrected chi connectivity index (χ4v) is 0. The molecule has 24 valence electrons. The molecule has 0 aromatic carbocycles. The first-order valence-electron chi connectivity index (χ1n) is 0.612. The third-order valence-corrected chi connectivity index (χ3v) is 0. The molecular weight excluding hydrogens is 82.1 g/mol. The van der Waals surface area contributed by atoms with Gasteiger partial charge in [-0.25, -0.2) is 0 Å². The SMILES string of the molecule is [18O]=[Si]([18O-])[18O-]. The zero-order valence-electron chi connectivity index (χ0n) is 1.72. The minimum Gasteiger partial charge on any atom is -0.672 e. The van der Waals surface area contributed by atoms with Crippen LogP contribution in [0.1, 0.15) is 0 Å². The summed E-state index contributed by atoms with van der Waals surface area (Å²) in [5, 5.41) is 0. The maximum atomic E-state index is 8.52. The van der Waals surface area contributed by atoms with E-state index in [-0.39, 0.29) is 0 Å². The average Bonchev–Trinajstić information content (AvgIpc) is 0.811. The molecule has 0 unspecified atom stereocenters. The van der Waals surface area contributed by atoms with E-state index in [0.717, 1.165) is 0 Å². The smallest absolute Gasteiger partial charge is 0.0172 e. The highest BCUT2D eigenvalue weighted by atomic mass is 28.3. The summed E-state index contributed by atoms with van der Waals surface area (Å²) in [5.74, 6) is 0. The van der Waals surface area contributed by atoms with Crippen molar-refractivity contribution in [3.63, 3.8) is 0 Å². The molecule has 0 N–H and O–H groups in total. The van der Waals surface area contributed by atoms with Crippen molar-refractivity contribution in [3.05, 3.63) is 0 Å². The fourth-order valence-electron chi connectivity index (χ4n) is 0. The van der Waals surface area contributed by atoms with Crippen molar-refractivity contribution in [3.8, 4) is 0 Å². The van der Waals surface area contributed by atoms with Gasteiger partial charge in [0, 0.05) is 9.17 Å². The average molecular weight is 82.1 g/mol. The zero-order chi connectivity index (χ0) is 3.58. The van der Waals surface area contributed by atoms with Crippen LogP contribution in [0.3, 0.4) is 0 Å². The number of hydrogen-bond donors (Lipinski definition) is 0. The molecule has 0 bridgehead atoms. The topological polar surface area (TPSA) is 63.2 Å². The molecule has 0 aliphatic heterocycles. The Hall–Kier alpha value is -0.383. The Morgan fingerprint density at radius 1 is 1.50 bits per heavy atom. The van der Waals surface area contributed by atoms with Gasteiger partial charge >= 0.3 is 0 Å². The lowest BCUT2D eigenvalue weighted by Crippen LogP contribution is -2.34. The van der Waals surface area contributed by atoms with Gasteiger partial charge in [0.2, 0.25) is 0 Å². The minimum absolute atomic E-state index is 3.63. The Morgan fingerprint density at radius 2 is 1.50 bits per heavy atom. The van der Waals surface area contributed by atoms with E-state index in [1.807, 2.05) is 0 Å². The summed E-state index contributed by atoms with van der Waals surface area (Å²) in [4.78, 5) is 17.0. The van der Waals surface area contributed by atoms with Gasteiger partial charge in [0.25, 0.3) is 0 Å². The Kier molecular flexibility index (Phi) is 0.903. The van der Waals surface area contributed by atoms with Crippen LogP contribution in [0, 0.1) is 0 Å². The third kappa shape index (κ3) is 4.19. The molecule has 0 aliphatic carbocycles. The molecule has 3 nitrogen and oxygen atoms in total. The van der Waals surface area contributed by atoms with Crippen LogP contribution in [-0.2, 0) is 4.46 Å². The quantitative estimate of drug-likeness (QED) is 0.233. The first-order chi connectivity index (χ1) is 1.73. The second-order valence-electron chi connectivity index (χ2n) is 0.250. The van der Waals surface area contributed by atoms with E-state index in [4.69, 9.17) is 14.1 Å². The molecule has 0 aliphatic rings. The summed E-state index contributed by atoms with van der Waals surface area (Å²) in [5.41, 5.74) is 0.